The van der Waals surface area contributed by atoms with Gasteiger partial charge in [-0.25, -0.2) is 0 Å². The largest absolute Gasteiger partial charge is 0.356 e. The summed E-state index contributed by atoms with van der Waals surface area (Å²) in [4.78, 5) is 0. The van der Waals surface area contributed by atoms with Crippen molar-refractivity contribution in [2.45, 2.75) is 0 Å². The van der Waals surface area contributed by atoms with Crippen molar-refractivity contribution in [3.05, 3.63) is 133 Å². The molecule has 156 valence electrons. The molecular weight excluding hydrogens is 398 g/mol. The molecule has 1 nitrogen and oxygen atoms in total. The highest BCUT2D eigenvalue weighted by Crippen LogP contribution is 2.32. The molecule has 0 atom stereocenters. The summed E-state index contributed by atoms with van der Waals surface area (Å²) in [5, 5.41) is 5.80. The molecule has 0 amide bonds. The monoisotopic (exact) mass is 428 g/mol. The summed E-state index contributed by atoms with van der Waals surface area (Å²) in [7, 11) is 0. The summed E-state index contributed by atoms with van der Waals surface area (Å²) in [6, 6.07) is 27.3. The third-order valence-corrected chi connectivity index (χ3v) is 5.76. The van der Waals surface area contributed by atoms with Crippen LogP contribution in [0, 0.1) is 0 Å². The van der Waals surface area contributed by atoms with E-state index in [1.165, 1.54) is 10.8 Å². The Morgan fingerprint density at radius 2 is 1.09 bits per heavy atom. The molecule has 0 unspecified atom stereocenters. The second-order valence-electron chi connectivity index (χ2n) is 7.81. The van der Waals surface area contributed by atoms with Crippen molar-refractivity contribution in [2.24, 2.45) is 0 Å². The maximum absolute atomic E-state index is 8.55. The summed E-state index contributed by atoms with van der Waals surface area (Å²) in [6.45, 7) is 0. The molecule has 0 aliphatic rings. The number of hydrogen-bond donors (Lipinski definition) is 1. The van der Waals surface area contributed by atoms with Gasteiger partial charge < -0.3 is 5.32 Å². The molecule has 0 aliphatic heterocycles. The van der Waals surface area contributed by atoms with Gasteiger partial charge in [-0.1, -0.05) is 109 Å². The summed E-state index contributed by atoms with van der Waals surface area (Å²) in [5.41, 5.74) is 4.71. The van der Waals surface area contributed by atoms with Gasteiger partial charge >= 0.3 is 0 Å². The van der Waals surface area contributed by atoms with Crippen LogP contribution in [-0.4, -0.2) is 0 Å². The third-order valence-electron chi connectivity index (χ3n) is 5.76. The van der Waals surface area contributed by atoms with E-state index >= 15 is 0 Å². The van der Waals surface area contributed by atoms with Gasteiger partial charge in [0, 0.05) is 11.4 Å². The summed E-state index contributed by atoms with van der Waals surface area (Å²) >= 11 is 0. The van der Waals surface area contributed by atoms with Crippen molar-refractivity contribution >= 4 is 32.9 Å². The van der Waals surface area contributed by atoms with Crippen LogP contribution in [0.1, 0.15) is 9.60 Å². The standard InChI is InChI=1S/C32H23N/c1-3-11-29-23(7-1)9-5-13-31(29)25-15-19-27(20-16-25)33-28-21-17-26(18-22-28)32-14-6-10-24-8-2-4-12-30(24)32/h1-22,33H/i1D,3D,5D,7D,9D,11D,13D. The molecule has 0 aliphatic carbocycles. The summed E-state index contributed by atoms with van der Waals surface area (Å²) < 4.78 is 58.0. The van der Waals surface area contributed by atoms with E-state index in [0.29, 0.717) is 5.56 Å². The zero-order valence-electron chi connectivity index (χ0n) is 24.7. The van der Waals surface area contributed by atoms with Crippen LogP contribution in [0.25, 0.3) is 43.8 Å². The zero-order chi connectivity index (χ0) is 28.1. The van der Waals surface area contributed by atoms with Gasteiger partial charge in [0.1, 0.15) is 0 Å². The number of fused-ring (bicyclic) bond motifs is 2. The minimum atomic E-state index is -0.458. The first-order chi connectivity index (χ1) is 19.3. The Balaban J connectivity index is 1.34. The fourth-order valence-corrected chi connectivity index (χ4v) is 4.13. The molecule has 1 N–H and O–H groups in total. The molecule has 33 heavy (non-hydrogen) atoms. The Labute approximate surface area is 203 Å². The second-order valence-corrected chi connectivity index (χ2v) is 7.81. The maximum atomic E-state index is 8.55. The molecule has 0 heterocycles. The van der Waals surface area contributed by atoms with E-state index in [1.54, 1.807) is 12.1 Å². The lowest BCUT2D eigenvalue weighted by molar-refractivity contribution is 1.54. The first-order valence-corrected chi connectivity index (χ1v) is 10.7. The van der Waals surface area contributed by atoms with Crippen LogP contribution in [0.15, 0.2) is 133 Å². The molecule has 0 fully saturated rings. The fraction of sp³-hybridized carbons (Fsp3) is 0. The molecular formula is C32H23N. The van der Waals surface area contributed by atoms with Crippen molar-refractivity contribution in [1.29, 1.82) is 0 Å². The van der Waals surface area contributed by atoms with E-state index in [2.05, 4.69) is 47.8 Å². The van der Waals surface area contributed by atoms with E-state index in [-0.39, 0.29) is 46.5 Å². The third kappa shape index (κ3) is 3.75. The average molecular weight is 429 g/mol. The highest BCUT2D eigenvalue weighted by atomic mass is 14.9. The maximum Gasteiger partial charge on any atom is 0.0629 e. The smallest absolute Gasteiger partial charge is 0.0629 e. The van der Waals surface area contributed by atoms with Crippen LogP contribution in [0.3, 0.4) is 0 Å². The minimum Gasteiger partial charge on any atom is -0.356 e. The molecule has 0 aromatic heterocycles. The normalized spacial score (nSPS) is 14.0. The van der Waals surface area contributed by atoms with Gasteiger partial charge in [-0.3, -0.25) is 0 Å². The van der Waals surface area contributed by atoms with Gasteiger partial charge in [0.2, 0.25) is 0 Å². The topological polar surface area (TPSA) is 12.0 Å². The summed E-state index contributed by atoms with van der Waals surface area (Å²) in [5.74, 6) is 0. The molecule has 0 bridgehead atoms. The number of nitrogens with one attached hydrogen (secondary N) is 1. The van der Waals surface area contributed by atoms with E-state index in [1.807, 2.05) is 36.4 Å². The van der Waals surface area contributed by atoms with Crippen LogP contribution in [0.2, 0.25) is 0 Å². The SMILES string of the molecule is [2H]c1c([2H])c([2H])c2c(-c3ccc(Nc4ccc(-c5cccc6ccccc56)cc4)cc3)c([2H])c([2H])c([2H])c2c1[2H]. The van der Waals surface area contributed by atoms with Crippen LogP contribution in [0.4, 0.5) is 11.4 Å². The van der Waals surface area contributed by atoms with Crippen LogP contribution < -0.4 is 5.32 Å². The number of rotatable bonds is 4. The Morgan fingerprint density at radius 3 is 1.88 bits per heavy atom. The molecule has 0 spiro atoms. The van der Waals surface area contributed by atoms with Crippen LogP contribution >= 0.6 is 0 Å². The Hall–Kier alpha value is -4.36. The van der Waals surface area contributed by atoms with E-state index in [9.17, 15) is 0 Å². The van der Waals surface area contributed by atoms with Gasteiger partial charge in [0.25, 0.3) is 0 Å². The van der Waals surface area contributed by atoms with Gasteiger partial charge in [0.15, 0.2) is 0 Å². The van der Waals surface area contributed by atoms with Crippen molar-refractivity contribution in [3.63, 3.8) is 0 Å². The highest BCUT2D eigenvalue weighted by Gasteiger charge is 2.05. The summed E-state index contributed by atoms with van der Waals surface area (Å²) in [6.07, 6.45) is 0. The lowest BCUT2D eigenvalue weighted by Crippen LogP contribution is -1.90. The number of hydrogen-bond acceptors (Lipinski definition) is 1. The molecule has 6 rings (SSSR count). The van der Waals surface area contributed by atoms with Gasteiger partial charge in [-0.05, 0) is 68.1 Å². The lowest BCUT2D eigenvalue weighted by Gasteiger charge is -2.11. The van der Waals surface area contributed by atoms with E-state index in [4.69, 9.17) is 9.60 Å². The second kappa shape index (κ2) is 8.29. The van der Waals surface area contributed by atoms with Crippen molar-refractivity contribution in [1.82, 2.24) is 0 Å². The highest BCUT2D eigenvalue weighted by molar-refractivity contribution is 5.97. The Kier molecular flexibility index (Phi) is 3.33. The first-order valence-electron chi connectivity index (χ1n) is 14.2. The van der Waals surface area contributed by atoms with E-state index < -0.39 is 12.1 Å². The molecule has 6 aromatic rings. The lowest BCUT2D eigenvalue weighted by atomic mass is 9.98. The zero-order valence-corrected chi connectivity index (χ0v) is 17.7. The van der Waals surface area contributed by atoms with Gasteiger partial charge in [0.05, 0.1) is 9.60 Å². The number of anilines is 2. The Bertz CT molecular complexity index is 1920. The van der Waals surface area contributed by atoms with Gasteiger partial charge in [-0.15, -0.1) is 0 Å². The fourth-order valence-electron chi connectivity index (χ4n) is 4.13. The van der Waals surface area contributed by atoms with E-state index in [0.717, 1.165) is 22.5 Å². The molecule has 1 heteroatoms. The van der Waals surface area contributed by atoms with Crippen molar-refractivity contribution in [3.8, 4) is 22.3 Å². The predicted molar refractivity (Wildman–Crippen MR) is 142 cm³/mol. The van der Waals surface area contributed by atoms with Crippen LogP contribution in [0.5, 0.6) is 0 Å². The average Bonchev–Trinajstić information content (AvgIpc) is 2.98. The van der Waals surface area contributed by atoms with Crippen molar-refractivity contribution < 1.29 is 9.60 Å². The quantitative estimate of drug-likeness (QED) is 0.295. The van der Waals surface area contributed by atoms with Crippen molar-refractivity contribution in [2.75, 3.05) is 5.32 Å². The molecule has 0 radical (unpaired) electrons. The predicted octanol–water partition coefficient (Wildman–Crippen LogP) is 9.07. The molecule has 6 aromatic carbocycles. The first kappa shape index (κ1) is 13.2. The van der Waals surface area contributed by atoms with Gasteiger partial charge in [-0.2, -0.15) is 0 Å². The number of benzene rings is 6. The Morgan fingerprint density at radius 1 is 0.455 bits per heavy atom. The minimum absolute atomic E-state index is 0.0458. The molecule has 0 saturated heterocycles. The molecule has 0 saturated carbocycles. The van der Waals surface area contributed by atoms with Crippen LogP contribution in [-0.2, 0) is 0 Å².